The maximum Gasteiger partial charge on any atom is 0.416 e. The fourth-order valence-electron chi connectivity index (χ4n) is 6.55. The Kier molecular flexibility index (Phi) is 8.07. The molecule has 9 heteroatoms. The van der Waals surface area contributed by atoms with Crippen molar-refractivity contribution in [2.75, 3.05) is 6.54 Å². The first kappa shape index (κ1) is 30.0. The van der Waals surface area contributed by atoms with E-state index in [1.165, 1.54) is 12.1 Å². The summed E-state index contributed by atoms with van der Waals surface area (Å²) < 4.78 is 40.8. The van der Waals surface area contributed by atoms with Crippen molar-refractivity contribution < 1.29 is 27.6 Å². The van der Waals surface area contributed by atoms with Crippen molar-refractivity contribution in [3.63, 3.8) is 0 Å². The van der Waals surface area contributed by atoms with E-state index in [-0.39, 0.29) is 53.4 Å². The van der Waals surface area contributed by atoms with Gasteiger partial charge < -0.3 is 15.0 Å². The van der Waals surface area contributed by atoms with Gasteiger partial charge in [-0.15, -0.1) is 0 Å². The summed E-state index contributed by atoms with van der Waals surface area (Å²) in [5.41, 5.74) is 0.0708. The van der Waals surface area contributed by atoms with Gasteiger partial charge in [0.25, 0.3) is 11.8 Å². The van der Waals surface area contributed by atoms with Crippen LogP contribution >= 0.6 is 0 Å². The van der Waals surface area contributed by atoms with Crippen molar-refractivity contribution in [2.24, 2.45) is 22.2 Å². The number of hydrogen-bond donors (Lipinski definition) is 1. The average Bonchev–Trinajstić information content (AvgIpc) is 3.75. The molecule has 1 aliphatic heterocycles. The molecule has 2 fully saturated rings. The Morgan fingerprint density at radius 3 is 2.31 bits per heavy atom. The normalized spacial score (nSPS) is 23.6. The molecule has 2 saturated carbocycles. The lowest BCUT2D eigenvalue weighted by Gasteiger charge is -2.47. The standard InChI is InChI=1S/C33H38F3N3O3/c1-31(2,3)25-14-16-32(17-15-25)38-27(24-6-4-7-26(20-24)33(34,35)36)30(42)39(32)28(21-8-9-21)22-10-12-23(13-11-22)29(41)37-18-5-19-40/h4,6-7,10-13,19-21,25,28H,5,8-9,14-18H2,1-3H3,(H,37,41). The molecule has 0 bridgehead atoms. The van der Waals surface area contributed by atoms with E-state index in [9.17, 15) is 27.6 Å². The van der Waals surface area contributed by atoms with Crippen LogP contribution < -0.4 is 5.32 Å². The maximum atomic E-state index is 14.3. The Morgan fingerprint density at radius 1 is 1.07 bits per heavy atom. The van der Waals surface area contributed by atoms with Crippen LogP contribution in [0.15, 0.2) is 53.5 Å². The predicted molar refractivity (Wildman–Crippen MR) is 154 cm³/mol. The van der Waals surface area contributed by atoms with Gasteiger partial charge in [-0.05, 0) is 85.6 Å². The van der Waals surface area contributed by atoms with Crippen molar-refractivity contribution in [2.45, 2.75) is 83.6 Å². The van der Waals surface area contributed by atoms with Crippen LogP contribution in [0.1, 0.15) is 98.8 Å². The van der Waals surface area contributed by atoms with Crippen LogP contribution in [0.5, 0.6) is 0 Å². The third-order valence-corrected chi connectivity index (χ3v) is 9.07. The topological polar surface area (TPSA) is 78.8 Å². The van der Waals surface area contributed by atoms with E-state index in [4.69, 9.17) is 4.99 Å². The molecule has 2 amide bonds. The molecule has 2 aromatic rings. The lowest BCUT2D eigenvalue weighted by Crippen LogP contribution is -2.52. The third kappa shape index (κ3) is 6.01. The fraction of sp³-hybridized carbons (Fsp3) is 0.515. The van der Waals surface area contributed by atoms with Crippen molar-refractivity contribution in [1.82, 2.24) is 10.2 Å². The number of benzene rings is 2. The summed E-state index contributed by atoms with van der Waals surface area (Å²) in [6, 6.07) is 11.8. The largest absolute Gasteiger partial charge is 0.416 e. The summed E-state index contributed by atoms with van der Waals surface area (Å²) in [7, 11) is 0. The SMILES string of the molecule is CC(C)(C)C1CCC2(CC1)N=C(c1cccc(C(F)(F)F)c1)C(=O)N2C(c1ccc(C(=O)NCCC=O)cc1)C1CC1. The minimum absolute atomic E-state index is 0.0899. The zero-order chi connectivity index (χ0) is 30.3. The highest BCUT2D eigenvalue weighted by Gasteiger charge is 2.55. The van der Waals surface area contributed by atoms with E-state index in [2.05, 4.69) is 26.1 Å². The number of amides is 2. The van der Waals surface area contributed by atoms with Gasteiger partial charge in [0.2, 0.25) is 0 Å². The Morgan fingerprint density at radius 2 is 1.74 bits per heavy atom. The number of aliphatic imine (C=N–C) groups is 1. The highest BCUT2D eigenvalue weighted by Crippen LogP contribution is 2.54. The number of nitrogens with one attached hydrogen (secondary N) is 1. The molecule has 1 unspecified atom stereocenters. The van der Waals surface area contributed by atoms with Crippen LogP contribution in [0.3, 0.4) is 0 Å². The molecule has 1 N–H and O–H groups in total. The highest BCUT2D eigenvalue weighted by atomic mass is 19.4. The molecular formula is C33H38F3N3O3. The van der Waals surface area contributed by atoms with Gasteiger partial charge in [0.15, 0.2) is 0 Å². The number of aldehydes is 1. The number of halogens is 3. The van der Waals surface area contributed by atoms with Gasteiger partial charge >= 0.3 is 6.18 Å². The number of carbonyl (C=O) groups is 3. The zero-order valence-corrected chi connectivity index (χ0v) is 24.3. The molecule has 1 spiro atoms. The van der Waals surface area contributed by atoms with Crippen molar-refractivity contribution in [3.8, 4) is 0 Å². The van der Waals surface area contributed by atoms with Crippen LogP contribution in [0.2, 0.25) is 0 Å². The maximum absolute atomic E-state index is 14.3. The lowest BCUT2D eigenvalue weighted by molar-refractivity contribution is -0.138. The second-order valence-corrected chi connectivity index (χ2v) is 13.0. The molecule has 5 rings (SSSR count). The van der Waals surface area contributed by atoms with Crippen LogP contribution in [-0.4, -0.2) is 40.9 Å². The number of hydrogen-bond acceptors (Lipinski definition) is 4. The smallest absolute Gasteiger partial charge is 0.352 e. The summed E-state index contributed by atoms with van der Waals surface area (Å²) in [6.45, 7) is 6.90. The Labute approximate surface area is 244 Å². The molecule has 2 aromatic carbocycles. The van der Waals surface area contributed by atoms with E-state index in [0.29, 0.717) is 24.3 Å². The van der Waals surface area contributed by atoms with Crippen LogP contribution in [-0.2, 0) is 15.8 Å². The summed E-state index contributed by atoms with van der Waals surface area (Å²) in [4.78, 5) is 44.3. The van der Waals surface area contributed by atoms with E-state index < -0.39 is 17.4 Å². The summed E-state index contributed by atoms with van der Waals surface area (Å²) in [6.07, 6.45) is 1.33. The number of rotatable bonds is 8. The van der Waals surface area contributed by atoms with Gasteiger partial charge in [0.1, 0.15) is 17.7 Å². The zero-order valence-electron chi connectivity index (χ0n) is 24.3. The van der Waals surface area contributed by atoms with Gasteiger partial charge in [-0.3, -0.25) is 14.6 Å². The molecule has 1 atom stereocenters. The van der Waals surface area contributed by atoms with E-state index in [1.54, 1.807) is 12.1 Å². The molecule has 3 aliphatic rings. The van der Waals surface area contributed by atoms with Crippen molar-refractivity contribution in [3.05, 3.63) is 70.8 Å². The number of carbonyl (C=O) groups excluding carboxylic acids is 3. The molecule has 0 aromatic heterocycles. The molecule has 42 heavy (non-hydrogen) atoms. The van der Waals surface area contributed by atoms with Gasteiger partial charge in [-0.25, -0.2) is 0 Å². The van der Waals surface area contributed by atoms with Crippen molar-refractivity contribution >= 4 is 23.8 Å². The van der Waals surface area contributed by atoms with E-state index in [0.717, 1.165) is 49.7 Å². The first-order chi connectivity index (χ1) is 19.8. The highest BCUT2D eigenvalue weighted by molar-refractivity contribution is 6.46. The van der Waals surface area contributed by atoms with Crippen LogP contribution in [0, 0.1) is 17.3 Å². The molecule has 0 saturated heterocycles. The number of nitrogens with zero attached hydrogens (tertiary/aromatic N) is 2. The molecule has 2 aliphatic carbocycles. The van der Waals surface area contributed by atoms with Crippen molar-refractivity contribution in [1.29, 1.82) is 0 Å². The van der Waals surface area contributed by atoms with E-state index in [1.807, 2.05) is 17.0 Å². The molecule has 0 radical (unpaired) electrons. The molecular weight excluding hydrogens is 543 g/mol. The minimum Gasteiger partial charge on any atom is -0.352 e. The monoisotopic (exact) mass is 581 g/mol. The summed E-state index contributed by atoms with van der Waals surface area (Å²) >= 11 is 0. The first-order valence-corrected chi connectivity index (χ1v) is 14.8. The van der Waals surface area contributed by atoms with Gasteiger partial charge in [-0.2, -0.15) is 13.2 Å². The van der Waals surface area contributed by atoms with Gasteiger partial charge in [0.05, 0.1) is 11.6 Å². The molecule has 224 valence electrons. The Hall–Kier alpha value is -3.49. The van der Waals surface area contributed by atoms with Gasteiger partial charge in [-0.1, -0.05) is 45.0 Å². The Bertz CT molecular complexity index is 1370. The van der Waals surface area contributed by atoms with Crippen LogP contribution in [0.4, 0.5) is 13.2 Å². The lowest BCUT2D eigenvalue weighted by atomic mass is 9.69. The summed E-state index contributed by atoms with van der Waals surface area (Å²) in [5.74, 6) is 0.0330. The fourth-order valence-corrected chi connectivity index (χ4v) is 6.55. The minimum atomic E-state index is -4.53. The van der Waals surface area contributed by atoms with E-state index >= 15 is 0 Å². The van der Waals surface area contributed by atoms with Crippen LogP contribution in [0.25, 0.3) is 0 Å². The average molecular weight is 582 g/mol. The number of alkyl halides is 3. The second-order valence-electron chi connectivity index (χ2n) is 13.0. The quantitative estimate of drug-likeness (QED) is 0.277. The molecule has 6 nitrogen and oxygen atoms in total. The molecule has 1 heterocycles. The second kappa shape index (κ2) is 11.3. The predicted octanol–water partition coefficient (Wildman–Crippen LogP) is 6.74. The first-order valence-electron chi connectivity index (χ1n) is 14.8. The summed E-state index contributed by atoms with van der Waals surface area (Å²) in [5, 5.41) is 2.71. The third-order valence-electron chi connectivity index (χ3n) is 9.07. The Balaban J connectivity index is 1.51. The van der Waals surface area contributed by atoms with Gasteiger partial charge in [0, 0.05) is 24.1 Å².